The molecule has 0 unspecified atom stereocenters. The SMILES string of the molecule is c1ccc([B-](c2ccccn2)(c2ccccn2)c2ccccn2)nc1. The summed E-state index contributed by atoms with van der Waals surface area (Å²) in [5.41, 5.74) is 3.61. The van der Waals surface area contributed by atoms with Crippen molar-refractivity contribution in [1.29, 1.82) is 0 Å². The molecule has 0 aliphatic carbocycles. The Morgan fingerprint density at radius 3 is 0.880 bits per heavy atom. The van der Waals surface area contributed by atoms with Crippen molar-refractivity contribution in [2.45, 2.75) is 0 Å². The van der Waals surface area contributed by atoms with Crippen LogP contribution in [-0.4, -0.2) is 26.1 Å². The summed E-state index contributed by atoms with van der Waals surface area (Å²) in [5.74, 6) is 0. The maximum absolute atomic E-state index is 4.69. The van der Waals surface area contributed by atoms with Crippen LogP contribution in [0.4, 0.5) is 0 Å². The average molecular weight is 323 g/mol. The second kappa shape index (κ2) is 6.65. The predicted molar refractivity (Wildman–Crippen MR) is 101 cm³/mol. The van der Waals surface area contributed by atoms with E-state index in [9.17, 15) is 0 Å². The zero-order chi connectivity index (χ0) is 17.0. The molecule has 0 aliphatic rings. The van der Waals surface area contributed by atoms with E-state index >= 15 is 0 Å². The normalized spacial score (nSPS) is 11.2. The van der Waals surface area contributed by atoms with E-state index in [1.54, 1.807) is 24.8 Å². The molecular weight excluding hydrogens is 307 g/mol. The van der Waals surface area contributed by atoms with E-state index in [0.717, 1.165) is 22.4 Å². The van der Waals surface area contributed by atoms with Gasteiger partial charge in [-0.3, -0.25) is 0 Å². The third kappa shape index (κ3) is 2.60. The van der Waals surface area contributed by atoms with Crippen molar-refractivity contribution in [3.8, 4) is 0 Å². The topological polar surface area (TPSA) is 51.6 Å². The van der Waals surface area contributed by atoms with Crippen LogP contribution in [0.25, 0.3) is 0 Å². The first-order valence-corrected chi connectivity index (χ1v) is 8.24. The van der Waals surface area contributed by atoms with Crippen molar-refractivity contribution < 1.29 is 0 Å². The van der Waals surface area contributed by atoms with E-state index in [2.05, 4.69) is 19.9 Å². The summed E-state index contributed by atoms with van der Waals surface area (Å²) in [5, 5.41) is 0. The molecule has 4 nitrogen and oxygen atoms in total. The van der Waals surface area contributed by atoms with Gasteiger partial charge in [-0.15, -0.1) is 22.4 Å². The lowest BCUT2D eigenvalue weighted by Crippen LogP contribution is -2.77. The highest BCUT2D eigenvalue weighted by molar-refractivity contribution is 7.18. The highest BCUT2D eigenvalue weighted by Gasteiger charge is 2.36. The van der Waals surface area contributed by atoms with Gasteiger partial charge in [-0.2, -0.15) is 0 Å². The lowest BCUT2D eigenvalue weighted by molar-refractivity contribution is 1.30. The number of nitrogens with zero attached hydrogens (tertiary/aromatic N) is 4. The summed E-state index contributed by atoms with van der Waals surface area (Å²) >= 11 is 0. The Hall–Kier alpha value is -3.34. The van der Waals surface area contributed by atoms with Crippen LogP contribution in [0.15, 0.2) is 97.6 Å². The van der Waals surface area contributed by atoms with Gasteiger partial charge in [-0.1, -0.05) is 48.5 Å². The molecule has 0 aliphatic heterocycles. The van der Waals surface area contributed by atoms with Gasteiger partial charge in [0.25, 0.3) is 0 Å². The summed E-state index contributed by atoms with van der Waals surface area (Å²) < 4.78 is 0. The fraction of sp³-hybridized carbons (Fsp3) is 0. The van der Waals surface area contributed by atoms with E-state index in [1.807, 2.05) is 72.8 Å². The minimum atomic E-state index is -1.66. The smallest absolute Gasteiger partial charge is 0.187 e. The minimum Gasteiger partial charge on any atom is -0.302 e. The van der Waals surface area contributed by atoms with Gasteiger partial charge in [0.15, 0.2) is 6.15 Å². The first kappa shape index (κ1) is 15.2. The van der Waals surface area contributed by atoms with Crippen molar-refractivity contribution in [3.05, 3.63) is 97.6 Å². The van der Waals surface area contributed by atoms with Crippen molar-refractivity contribution in [3.63, 3.8) is 0 Å². The molecule has 0 spiro atoms. The van der Waals surface area contributed by atoms with Crippen LogP contribution in [0.2, 0.25) is 0 Å². The average Bonchev–Trinajstić information content (AvgIpc) is 2.72. The van der Waals surface area contributed by atoms with Crippen LogP contribution in [0.1, 0.15) is 0 Å². The highest BCUT2D eigenvalue weighted by atomic mass is 14.8. The van der Waals surface area contributed by atoms with E-state index in [-0.39, 0.29) is 0 Å². The molecule has 0 N–H and O–H groups in total. The molecule has 0 radical (unpaired) electrons. The maximum Gasteiger partial charge on any atom is 0.187 e. The molecule has 0 aromatic carbocycles. The molecule has 4 aromatic heterocycles. The minimum absolute atomic E-state index is 0.901. The lowest BCUT2D eigenvalue weighted by Gasteiger charge is -2.39. The van der Waals surface area contributed by atoms with Crippen molar-refractivity contribution >= 4 is 28.5 Å². The van der Waals surface area contributed by atoms with Gasteiger partial charge in [0.1, 0.15) is 0 Å². The molecule has 4 aromatic rings. The Bertz CT molecular complexity index is 769. The van der Waals surface area contributed by atoms with Gasteiger partial charge in [0.2, 0.25) is 0 Å². The van der Waals surface area contributed by atoms with Crippen LogP contribution in [0.5, 0.6) is 0 Å². The van der Waals surface area contributed by atoms with Crippen molar-refractivity contribution in [1.82, 2.24) is 19.9 Å². The monoisotopic (exact) mass is 323 g/mol. The Morgan fingerprint density at radius 1 is 0.400 bits per heavy atom. The van der Waals surface area contributed by atoms with Crippen LogP contribution in [0.3, 0.4) is 0 Å². The van der Waals surface area contributed by atoms with Crippen LogP contribution < -0.4 is 22.4 Å². The van der Waals surface area contributed by atoms with Crippen LogP contribution >= 0.6 is 0 Å². The van der Waals surface area contributed by atoms with Gasteiger partial charge in [-0.05, 0) is 24.3 Å². The van der Waals surface area contributed by atoms with E-state index in [4.69, 9.17) is 0 Å². The van der Waals surface area contributed by atoms with Gasteiger partial charge in [0.05, 0.1) is 0 Å². The molecule has 0 bridgehead atoms. The number of rotatable bonds is 4. The first-order chi connectivity index (χ1) is 12.4. The molecular formula is C20H16BN4-. The Balaban J connectivity index is 2.13. The summed E-state index contributed by atoms with van der Waals surface area (Å²) in [4.78, 5) is 18.8. The molecule has 0 atom stereocenters. The Kier molecular flexibility index (Phi) is 4.05. The largest absolute Gasteiger partial charge is 0.302 e. The zero-order valence-corrected chi connectivity index (χ0v) is 13.6. The Morgan fingerprint density at radius 2 is 0.680 bits per heavy atom. The number of pyridine rings is 4. The molecule has 4 rings (SSSR count). The summed E-state index contributed by atoms with van der Waals surface area (Å²) in [6.07, 6.45) is 5.56. The van der Waals surface area contributed by atoms with Crippen LogP contribution in [0, 0.1) is 0 Å². The van der Waals surface area contributed by atoms with Crippen LogP contribution in [-0.2, 0) is 0 Å². The van der Waals surface area contributed by atoms with E-state index < -0.39 is 6.15 Å². The molecule has 0 saturated carbocycles. The molecule has 5 heteroatoms. The molecule has 0 fully saturated rings. The van der Waals surface area contributed by atoms with E-state index in [1.165, 1.54) is 0 Å². The third-order valence-corrected chi connectivity index (χ3v) is 4.53. The summed E-state index contributed by atoms with van der Waals surface area (Å²) in [6.45, 7) is 0. The maximum atomic E-state index is 4.69. The predicted octanol–water partition coefficient (Wildman–Crippen LogP) is 0.644. The highest BCUT2D eigenvalue weighted by Crippen LogP contribution is 2.04. The quantitative estimate of drug-likeness (QED) is 0.517. The summed E-state index contributed by atoms with van der Waals surface area (Å²) in [7, 11) is 0. The van der Waals surface area contributed by atoms with Crippen molar-refractivity contribution in [2.24, 2.45) is 0 Å². The molecule has 120 valence electrons. The number of hydrogen-bond donors (Lipinski definition) is 0. The standard InChI is InChI=1S/C20H16BN4/c1-5-13-22-17(9-1)21(18-10-2-6-14-23-18,19-11-3-7-15-24-19)20-12-4-8-16-25-20/h1-16H/q-1. The van der Waals surface area contributed by atoms with Gasteiger partial charge in [-0.25, -0.2) is 0 Å². The molecule has 0 amide bonds. The zero-order valence-electron chi connectivity index (χ0n) is 13.6. The molecule has 0 saturated heterocycles. The number of hydrogen-bond acceptors (Lipinski definition) is 4. The molecule has 25 heavy (non-hydrogen) atoms. The van der Waals surface area contributed by atoms with Crippen molar-refractivity contribution in [2.75, 3.05) is 0 Å². The second-order valence-electron chi connectivity index (χ2n) is 5.88. The fourth-order valence-electron chi connectivity index (χ4n) is 3.44. The Labute approximate surface area is 146 Å². The molecule has 4 heterocycles. The third-order valence-electron chi connectivity index (χ3n) is 4.53. The fourth-order valence-corrected chi connectivity index (χ4v) is 3.44. The first-order valence-electron chi connectivity index (χ1n) is 8.24. The summed E-state index contributed by atoms with van der Waals surface area (Å²) in [6, 6.07) is 23.7. The second-order valence-corrected chi connectivity index (χ2v) is 5.88. The van der Waals surface area contributed by atoms with Gasteiger partial charge < -0.3 is 19.9 Å². The lowest BCUT2D eigenvalue weighted by atomic mass is 9.17. The van der Waals surface area contributed by atoms with Gasteiger partial charge in [0, 0.05) is 24.8 Å². The van der Waals surface area contributed by atoms with E-state index in [0.29, 0.717) is 0 Å². The van der Waals surface area contributed by atoms with Gasteiger partial charge >= 0.3 is 0 Å². The number of aromatic nitrogens is 4.